The summed E-state index contributed by atoms with van der Waals surface area (Å²) in [6.07, 6.45) is 12.4. The summed E-state index contributed by atoms with van der Waals surface area (Å²) < 4.78 is 0. The van der Waals surface area contributed by atoms with Crippen LogP contribution < -0.4 is 0 Å². The highest BCUT2D eigenvalue weighted by molar-refractivity contribution is 5.54. The highest BCUT2D eigenvalue weighted by atomic mass is 14.2. The van der Waals surface area contributed by atoms with E-state index >= 15 is 0 Å². The van der Waals surface area contributed by atoms with Crippen LogP contribution in [0, 0.1) is 5.92 Å². The average Bonchev–Trinajstić information content (AvgIpc) is 2.12. The minimum absolute atomic E-state index is 0.611. The van der Waals surface area contributed by atoms with Crippen LogP contribution in [-0.4, -0.2) is 0 Å². The van der Waals surface area contributed by atoms with E-state index in [1.165, 1.54) is 16.7 Å². The van der Waals surface area contributed by atoms with E-state index in [0.29, 0.717) is 5.92 Å². The molecule has 1 atom stereocenters. The Morgan fingerprint density at radius 2 is 2.17 bits per heavy atom. The third-order valence-electron chi connectivity index (χ3n) is 2.74. The number of allylic oxidation sites excluding steroid dienone is 8. The van der Waals surface area contributed by atoms with E-state index in [0.717, 1.165) is 6.42 Å². The van der Waals surface area contributed by atoms with Gasteiger partial charge in [0.2, 0.25) is 0 Å². The van der Waals surface area contributed by atoms with E-state index in [-0.39, 0.29) is 0 Å². The monoisotopic (exact) mass is 158 g/mol. The van der Waals surface area contributed by atoms with Crippen LogP contribution in [0.2, 0.25) is 0 Å². The second-order valence-electron chi connectivity index (χ2n) is 3.54. The van der Waals surface area contributed by atoms with Crippen LogP contribution in [0.4, 0.5) is 0 Å². The minimum Gasteiger partial charge on any atom is -0.0801 e. The highest BCUT2D eigenvalue weighted by Crippen LogP contribution is 2.31. The van der Waals surface area contributed by atoms with Gasteiger partial charge in [0.1, 0.15) is 0 Å². The minimum atomic E-state index is 0.611. The molecule has 0 aromatic rings. The van der Waals surface area contributed by atoms with Gasteiger partial charge in [0.15, 0.2) is 0 Å². The lowest BCUT2D eigenvalue weighted by Crippen LogP contribution is -2.04. The highest BCUT2D eigenvalue weighted by Gasteiger charge is 2.14. The van der Waals surface area contributed by atoms with E-state index in [4.69, 9.17) is 0 Å². The molecule has 0 radical (unpaired) electrons. The molecule has 12 heavy (non-hydrogen) atoms. The van der Waals surface area contributed by atoms with Crippen molar-refractivity contribution >= 4 is 0 Å². The molecule has 62 valence electrons. The second kappa shape index (κ2) is 2.78. The summed E-state index contributed by atoms with van der Waals surface area (Å²) in [5.74, 6) is 0.611. The number of hydrogen-bond acceptors (Lipinski definition) is 0. The van der Waals surface area contributed by atoms with Gasteiger partial charge in [-0.2, -0.15) is 0 Å². The Kier molecular flexibility index (Phi) is 1.76. The fourth-order valence-electron chi connectivity index (χ4n) is 1.74. The summed E-state index contributed by atoms with van der Waals surface area (Å²) in [5, 5.41) is 0. The second-order valence-corrected chi connectivity index (χ2v) is 3.54. The van der Waals surface area contributed by atoms with Crippen LogP contribution in [0.25, 0.3) is 0 Å². The van der Waals surface area contributed by atoms with Gasteiger partial charge in [-0.3, -0.25) is 0 Å². The van der Waals surface area contributed by atoms with Crippen molar-refractivity contribution in [2.24, 2.45) is 5.92 Å². The third kappa shape index (κ3) is 1.08. The number of rotatable bonds is 0. The van der Waals surface area contributed by atoms with Gasteiger partial charge < -0.3 is 0 Å². The maximum atomic E-state index is 2.29. The molecular weight excluding hydrogens is 144 g/mol. The average molecular weight is 158 g/mol. The van der Waals surface area contributed by atoms with Crippen molar-refractivity contribution in [2.75, 3.05) is 0 Å². The third-order valence-corrected chi connectivity index (χ3v) is 2.74. The van der Waals surface area contributed by atoms with Gasteiger partial charge in [-0.05, 0) is 30.4 Å². The molecule has 2 aliphatic carbocycles. The molecule has 0 bridgehead atoms. The largest absolute Gasteiger partial charge is 0.0801 e. The molecule has 0 saturated heterocycles. The maximum absolute atomic E-state index is 2.29. The fourth-order valence-corrected chi connectivity index (χ4v) is 1.74. The summed E-state index contributed by atoms with van der Waals surface area (Å²) in [7, 11) is 0. The van der Waals surface area contributed by atoms with Crippen molar-refractivity contribution in [3.8, 4) is 0 Å². The van der Waals surface area contributed by atoms with Crippen molar-refractivity contribution in [1.82, 2.24) is 0 Å². The Labute approximate surface area is 74.0 Å². The van der Waals surface area contributed by atoms with Crippen molar-refractivity contribution in [1.29, 1.82) is 0 Å². The van der Waals surface area contributed by atoms with Crippen molar-refractivity contribution in [3.05, 3.63) is 47.1 Å². The van der Waals surface area contributed by atoms with E-state index in [1.54, 1.807) is 0 Å². The van der Waals surface area contributed by atoms with Crippen LogP contribution in [0.15, 0.2) is 47.1 Å². The molecule has 0 heterocycles. The SMILES string of the molecule is CC1=C2C=CCC=C2C=CC1C. The van der Waals surface area contributed by atoms with Crippen LogP contribution in [0.1, 0.15) is 20.3 Å². The first-order valence-electron chi connectivity index (χ1n) is 4.55. The maximum Gasteiger partial charge on any atom is -0.00419 e. The van der Waals surface area contributed by atoms with Crippen LogP contribution >= 0.6 is 0 Å². The zero-order valence-electron chi connectivity index (χ0n) is 7.67. The molecule has 1 unspecified atom stereocenters. The first-order valence-corrected chi connectivity index (χ1v) is 4.55. The van der Waals surface area contributed by atoms with Gasteiger partial charge in [0, 0.05) is 0 Å². The molecule has 0 amide bonds. The molecule has 0 aromatic heterocycles. The van der Waals surface area contributed by atoms with Crippen LogP contribution in [-0.2, 0) is 0 Å². The quantitative estimate of drug-likeness (QED) is 0.507. The van der Waals surface area contributed by atoms with Crippen molar-refractivity contribution < 1.29 is 0 Å². The Bertz CT molecular complexity index is 311. The Balaban J connectivity index is 2.47. The summed E-state index contributed by atoms with van der Waals surface area (Å²) in [6, 6.07) is 0. The standard InChI is InChI=1S/C12H14/c1-9-7-8-11-5-3-4-6-12(11)10(9)2/h4-9H,3H2,1-2H3. The Hall–Kier alpha value is -1.04. The predicted octanol–water partition coefficient (Wildman–Crippen LogP) is 3.40. The van der Waals surface area contributed by atoms with Gasteiger partial charge in [0.25, 0.3) is 0 Å². The molecule has 0 fully saturated rings. The normalized spacial score (nSPS) is 27.2. The van der Waals surface area contributed by atoms with E-state index < -0.39 is 0 Å². The zero-order chi connectivity index (χ0) is 8.55. The Morgan fingerprint density at radius 3 is 3.00 bits per heavy atom. The number of fused-ring (bicyclic) bond motifs is 1. The van der Waals surface area contributed by atoms with Gasteiger partial charge in [-0.25, -0.2) is 0 Å². The molecule has 0 spiro atoms. The van der Waals surface area contributed by atoms with E-state index in [1.807, 2.05) is 0 Å². The first-order chi connectivity index (χ1) is 5.79. The van der Waals surface area contributed by atoms with Crippen molar-refractivity contribution in [3.63, 3.8) is 0 Å². The lowest BCUT2D eigenvalue weighted by molar-refractivity contribution is 0.839. The van der Waals surface area contributed by atoms with Gasteiger partial charge in [-0.1, -0.05) is 42.9 Å². The summed E-state index contributed by atoms with van der Waals surface area (Å²) in [5.41, 5.74) is 4.35. The van der Waals surface area contributed by atoms with Crippen molar-refractivity contribution in [2.45, 2.75) is 20.3 Å². The summed E-state index contributed by atoms with van der Waals surface area (Å²) in [4.78, 5) is 0. The molecule has 0 aliphatic heterocycles. The molecule has 0 N–H and O–H groups in total. The molecule has 0 aromatic carbocycles. The Morgan fingerprint density at radius 1 is 1.33 bits per heavy atom. The lowest BCUT2D eigenvalue weighted by atomic mass is 9.84. The number of hydrogen-bond donors (Lipinski definition) is 0. The molecule has 2 rings (SSSR count). The van der Waals surface area contributed by atoms with E-state index in [2.05, 4.69) is 44.2 Å². The van der Waals surface area contributed by atoms with Gasteiger partial charge in [-0.15, -0.1) is 0 Å². The summed E-state index contributed by atoms with van der Waals surface area (Å²) in [6.45, 7) is 4.48. The van der Waals surface area contributed by atoms with Crippen LogP contribution in [0.3, 0.4) is 0 Å². The summed E-state index contributed by atoms with van der Waals surface area (Å²) >= 11 is 0. The predicted molar refractivity (Wildman–Crippen MR) is 52.8 cm³/mol. The molecule has 0 nitrogen and oxygen atoms in total. The van der Waals surface area contributed by atoms with Gasteiger partial charge in [0.05, 0.1) is 0 Å². The van der Waals surface area contributed by atoms with Gasteiger partial charge >= 0.3 is 0 Å². The molecular formula is C12H14. The fraction of sp³-hybridized carbons (Fsp3) is 0.333. The molecule has 0 heteroatoms. The zero-order valence-corrected chi connectivity index (χ0v) is 7.67. The van der Waals surface area contributed by atoms with E-state index in [9.17, 15) is 0 Å². The van der Waals surface area contributed by atoms with Crippen LogP contribution in [0.5, 0.6) is 0 Å². The molecule has 0 saturated carbocycles. The first kappa shape index (κ1) is 7.60. The smallest absolute Gasteiger partial charge is 0.00419 e. The topological polar surface area (TPSA) is 0 Å². The molecule has 2 aliphatic rings. The lowest BCUT2D eigenvalue weighted by Gasteiger charge is -2.21.